The van der Waals surface area contributed by atoms with Crippen LogP contribution >= 0.6 is 0 Å². The van der Waals surface area contributed by atoms with E-state index < -0.39 is 17.4 Å². The molecule has 0 aromatic carbocycles. The van der Waals surface area contributed by atoms with Crippen molar-refractivity contribution >= 4 is 5.82 Å². The van der Waals surface area contributed by atoms with Gasteiger partial charge in [-0.15, -0.1) is 6.42 Å². The molecule has 0 aliphatic rings. The molecule has 0 aliphatic carbocycles. The van der Waals surface area contributed by atoms with Gasteiger partial charge in [0.05, 0.1) is 11.1 Å². The third kappa shape index (κ3) is 3.14. The lowest BCUT2D eigenvalue weighted by atomic mass is 10.1. The van der Waals surface area contributed by atoms with Gasteiger partial charge in [0.1, 0.15) is 17.6 Å². The van der Waals surface area contributed by atoms with Crippen molar-refractivity contribution in [1.82, 2.24) is 4.98 Å². The molecule has 0 spiro atoms. The average Bonchev–Trinajstić information content (AvgIpc) is 2.27. The molecule has 0 saturated carbocycles. The summed E-state index contributed by atoms with van der Waals surface area (Å²) < 4.78 is 37.5. The highest BCUT2D eigenvalue weighted by Crippen LogP contribution is 2.29. The van der Waals surface area contributed by atoms with Crippen molar-refractivity contribution in [2.45, 2.75) is 25.6 Å². The summed E-state index contributed by atoms with van der Waals surface area (Å²) in [4.78, 5) is 3.39. The molecule has 0 fully saturated rings. The lowest BCUT2D eigenvalue weighted by molar-refractivity contribution is -0.141. The Morgan fingerprint density at radius 3 is 2.39 bits per heavy atom. The van der Waals surface area contributed by atoms with Crippen molar-refractivity contribution in [3.8, 4) is 18.4 Å². The van der Waals surface area contributed by atoms with E-state index in [-0.39, 0.29) is 11.4 Å². The Kier molecular flexibility index (Phi) is 3.52. The number of terminal acetylenes is 1. The highest BCUT2D eigenvalue weighted by molar-refractivity contribution is 5.55. The predicted octanol–water partition coefficient (Wildman–Crippen LogP) is 2.80. The monoisotopic (exact) mass is 253 g/mol. The highest BCUT2D eigenvalue weighted by atomic mass is 19.4. The minimum absolute atomic E-state index is 0.00586. The second kappa shape index (κ2) is 4.58. The Bertz CT molecular complexity index is 533. The van der Waals surface area contributed by atoms with Gasteiger partial charge in [0.2, 0.25) is 0 Å². The number of halogens is 3. The van der Waals surface area contributed by atoms with Gasteiger partial charge >= 0.3 is 6.18 Å². The molecule has 0 aliphatic heterocycles. The number of anilines is 1. The molecule has 6 heteroatoms. The molecule has 0 atom stereocenters. The number of pyridine rings is 1. The fourth-order valence-electron chi connectivity index (χ4n) is 1.13. The van der Waals surface area contributed by atoms with E-state index in [2.05, 4.69) is 16.2 Å². The first-order chi connectivity index (χ1) is 8.19. The van der Waals surface area contributed by atoms with Crippen LogP contribution in [0, 0.1) is 23.7 Å². The summed E-state index contributed by atoms with van der Waals surface area (Å²) in [5, 5.41) is 11.4. The van der Waals surface area contributed by atoms with Crippen LogP contribution in [0.5, 0.6) is 0 Å². The predicted molar refractivity (Wildman–Crippen MR) is 60.5 cm³/mol. The summed E-state index contributed by atoms with van der Waals surface area (Å²) in [7, 11) is 0. The van der Waals surface area contributed by atoms with Gasteiger partial charge in [0.25, 0.3) is 0 Å². The molecule has 0 amide bonds. The second-order valence-electron chi connectivity index (χ2n) is 4.10. The van der Waals surface area contributed by atoms with E-state index in [1.54, 1.807) is 19.9 Å². The number of alkyl halides is 3. The van der Waals surface area contributed by atoms with Gasteiger partial charge in [-0.05, 0) is 26.0 Å². The summed E-state index contributed by atoms with van der Waals surface area (Å²) in [6.45, 7) is 3.19. The Morgan fingerprint density at radius 1 is 1.33 bits per heavy atom. The maximum atomic E-state index is 12.5. The largest absolute Gasteiger partial charge is 0.433 e. The van der Waals surface area contributed by atoms with E-state index in [1.165, 1.54) is 0 Å². The summed E-state index contributed by atoms with van der Waals surface area (Å²) in [6, 6.07) is 3.58. The average molecular weight is 253 g/mol. The third-order valence-electron chi connectivity index (χ3n) is 2.10. The smallest absolute Gasteiger partial charge is 0.353 e. The van der Waals surface area contributed by atoms with Crippen LogP contribution < -0.4 is 5.32 Å². The fraction of sp³-hybridized carbons (Fsp3) is 0.333. The molecule has 1 aromatic rings. The number of hydrogen-bond acceptors (Lipinski definition) is 3. The van der Waals surface area contributed by atoms with Crippen LogP contribution in [0.4, 0.5) is 19.0 Å². The molecule has 0 radical (unpaired) electrons. The zero-order valence-electron chi connectivity index (χ0n) is 9.76. The van der Waals surface area contributed by atoms with Crippen LogP contribution in [0.25, 0.3) is 0 Å². The van der Waals surface area contributed by atoms with Gasteiger partial charge in [0.15, 0.2) is 0 Å². The molecule has 0 bridgehead atoms. The topological polar surface area (TPSA) is 48.7 Å². The number of hydrogen-bond donors (Lipinski definition) is 1. The zero-order valence-corrected chi connectivity index (χ0v) is 9.76. The maximum Gasteiger partial charge on any atom is 0.433 e. The first-order valence-corrected chi connectivity index (χ1v) is 4.94. The first kappa shape index (κ1) is 13.9. The minimum Gasteiger partial charge on any atom is -0.353 e. The fourth-order valence-corrected chi connectivity index (χ4v) is 1.13. The van der Waals surface area contributed by atoms with Gasteiger partial charge < -0.3 is 5.32 Å². The molecular formula is C12H10F3N3. The number of nitriles is 1. The Hall–Kier alpha value is -2.21. The maximum absolute atomic E-state index is 12.5. The molecular weight excluding hydrogens is 243 g/mol. The summed E-state index contributed by atoms with van der Waals surface area (Å²) in [5.41, 5.74) is -1.97. The molecule has 0 unspecified atom stereocenters. The van der Waals surface area contributed by atoms with Crippen LogP contribution in [0.15, 0.2) is 12.1 Å². The molecule has 1 rings (SSSR count). The molecule has 1 heterocycles. The number of nitrogens with one attached hydrogen (secondary N) is 1. The molecule has 1 N–H and O–H groups in total. The molecule has 1 aromatic heterocycles. The van der Waals surface area contributed by atoms with Gasteiger partial charge in [-0.25, -0.2) is 4.98 Å². The van der Waals surface area contributed by atoms with Crippen molar-refractivity contribution in [1.29, 1.82) is 5.26 Å². The van der Waals surface area contributed by atoms with Crippen molar-refractivity contribution in [3.63, 3.8) is 0 Å². The Labute approximate surface area is 103 Å². The first-order valence-electron chi connectivity index (χ1n) is 4.94. The standard InChI is InChI=1S/C12H10F3N3/c1-4-11(2,3)18-10-8(7-16)5-6-9(17-10)12(13,14)15/h1,5-6H,2-3H3,(H,17,18). The van der Waals surface area contributed by atoms with Crippen LogP contribution in [0.1, 0.15) is 25.1 Å². The van der Waals surface area contributed by atoms with Gasteiger partial charge in [-0.3, -0.25) is 0 Å². The van der Waals surface area contributed by atoms with Gasteiger partial charge in [-0.1, -0.05) is 5.92 Å². The zero-order chi connectivity index (χ0) is 14.0. The van der Waals surface area contributed by atoms with Crippen molar-refractivity contribution < 1.29 is 13.2 Å². The number of rotatable bonds is 2. The lowest BCUT2D eigenvalue weighted by Crippen LogP contribution is -2.30. The van der Waals surface area contributed by atoms with Crippen molar-refractivity contribution in [3.05, 3.63) is 23.4 Å². The number of aromatic nitrogens is 1. The van der Waals surface area contributed by atoms with E-state index >= 15 is 0 Å². The second-order valence-corrected chi connectivity index (χ2v) is 4.10. The van der Waals surface area contributed by atoms with Crippen molar-refractivity contribution in [2.24, 2.45) is 0 Å². The summed E-state index contributed by atoms with van der Waals surface area (Å²) in [5.74, 6) is 2.19. The Morgan fingerprint density at radius 2 is 1.94 bits per heavy atom. The lowest BCUT2D eigenvalue weighted by Gasteiger charge is -2.21. The molecule has 18 heavy (non-hydrogen) atoms. The van der Waals surface area contributed by atoms with E-state index in [9.17, 15) is 13.2 Å². The van der Waals surface area contributed by atoms with E-state index in [0.29, 0.717) is 0 Å². The van der Waals surface area contributed by atoms with Crippen LogP contribution in [0.2, 0.25) is 0 Å². The molecule has 3 nitrogen and oxygen atoms in total. The quantitative estimate of drug-likeness (QED) is 0.824. The summed E-state index contributed by atoms with van der Waals surface area (Å²) >= 11 is 0. The number of nitrogens with zero attached hydrogens (tertiary/aromatic N) is 2. The third-order valence-corrected chi connectivity index (χ3v) is 2.10. The highest BCUT2D eigenvalue weighted by Gasteiger charge is 2.33. The van der Waals surface area contributed by atoms with E-state index in [0.717, 1.165) is 12.1 Å². The van der Waals surface area contributed by atoms with E-state index in [1.807, 2.05) is 0 Å². The van der Waals surface area contributed by atoms with Crippen LogP contribution in [0.3, 0.4) is 0 Å². The SMILES string of the molecule is C#CC(C)(C)Nc1nc(C(F)(F)F)ccc1C#N. The Balaban J connectivity index is 3.26. The van der Waals surface area contributed by atoms with Crippen LogP contribution in [-0.2, 0) is 6.18 Å². The van der Waals surface area contributed by atoms with Crippen molar-refractivity contribution in [2.75, 3.05) is 5.32 Å². The summed E-state index contributed by atoms with van der Waals surface area (Å²) in [6.07, 6.45) is 0.659. The van der Waals surface area contributed by atoms with E-state index in [4.69, 9.17) is 11.7 Å². The normalized spacial score (nSPS) is 11.5. The van der Waals surface area contributed by atoms with Gasteiger partial charge in [-0.2, -0.15) is 18.4 Å². The van der Waals surface area contributed by atoms with Gasteiger partial charge in [0, 0.05) is 0 Å². The molecule has 94 valence electrons. The van der Waals surface area contributed by atoms with Crippen LogP contribution in [-0.4, -0.2) is 10.5 Å². The molecule has 0 saturated heterocycles. The minimum atomic E-state index is -4.56.